The summed E-state index contributed by atoms with van der Waals surface area (Å²) in [5, 5.41) is 9.03. The van der Waals surface area contributed by atoms with Crippen LogP contribution in [0.15, 0.2) is 0 Å². The average molecular weight is 177 g/mol. The molecule has 3 nitrogen and oxygen atoms in total. The maximum absolute atomic E-state index is 11.5. The Morgan fingerprint density at radius 1 is 1.46 bits per heavy atom. The third-order valence-corrected chi connectivity index (χ3v) is 4.56. The van der Waals surface area contributed by atoms with Gasteiger partial charge in [-0.05, 0) is 25.7 Å². The van der Waals surface area contributed by atoms with Gasteiger partial charge in [-0.25, -0.2) is 0 Å². The number of carbonyl (C=O) groups excluding carboxylic acids is 1. The molecule has 3 rings (SSSR count). The number of carbonyl (C=O) groups is 1. The summed E-state index contributed by atoms with van der Waals surface area (Å²) in [6.45, 7) is 0. The number of rotatable bonds is 1. The van der Waals surface area contributed by atoms with E-state index >= 15 is 0 Å². The van der Waals surface area contributed by atoms with E-state index in [4.69, 9.17) is 10.00 Å². The predicted molar refractivity (Wildman–Crippen MR) is 43.4 cm³/mol. The molecule has 68 valence electrons. The highest BCUT2D eigenvalue weighted by Crippen LogP contribution is 2.94. The van der Waals surface area contributed by atoms with Crippen molar-refractivity contribution in [2.24, 2.45) is 16.2 Å². The average Bonchev–Trinajstić information content (AvgIpc) is 3.01. The van der Waals surface area contributed by atoms with Gasteiger partial charge in [0.1, 0.15) is 0 Å². The van der Waals surface area contributed by atoms with Crippen molar-refractivity contribution in [3.05, 3.63) is 0 Å². The summed E-state index contributed by atoms with van der Waals surface area (Å²) in [4.78, 5) is 11.5. The molecule has 0 aromatic rings. The van der Waals surface area contributed by atoms with Gasteiger partial charge in [0.2, 0.25) is 0 Å². The van der Waals surface area contributed by atoms with Crippen LogP contribution in [0, 0.1) is 27.6 Å². The molecule has 0 saturated heterocycles. The Morgan fingerprint density at radius 2 is 2.23 bits per heavy atom. The molecule has 3 fully saturated rings. The maximum atomic E-state index is 11.5. The molecule has 0 radical (unpaired) electrons. The van der Waals surface area contributed by atoms with Crippen molar-refractivity contribution < 1.29 is 9.53 Å². The van der Waals surface area contributed by atoms with Crippen LogP contribution in [0.2, 0.25) is 0 Å². The van der Waals surface area contributed by atoms with Crippen LogP contribution in [-0.4, -0.2) is 13.1 Å². The van der Waals surface area contributed by atoms with E-state index in [-0.39, 0.29) is 22.2 Å². The number of nitriles is 1. The van der Waals surface area contributed by atoms with Crippen LogP contribution in [0.1, 0.15) is 25.7 Å². The van der Waals surface area contributed by atoms with Gasteiger partial charge in [0.15, 0.2) is 0 Å². The first-order valence-electron chi connectivity index (χ1n) is 4.66. The zero-order valence-corrected chi connectivity index (χ0v) is 7.59. The SMILES string of the molecule is COC(=O)[C@@]12CCC3(C#N)CC31C2. The second-order valence-electron chi connectivity index (χ2n) is 4.70. The van der Waals surface area contributed by atoms with Gasteiger partial charge in [0, 0.05) is 5.41 Å². The lowest BCUT2D eigenvalue weighted by Crippen LogP contribution is -2.18. The van der Waals surface area contributed by atoms with Gasteiger partial charge in [0.05, 0.1) is 24.0 Å². The Hall–Kier alpha value is -1.04. The minimum absolute atomic E-state index is 0.0574. The van der Waals surface area contributed by atoms with E-state index in [1.807, 2.05) is 0 Å². The molecule has 0 bridgehead atoms. The lowest BCUT2D eigenvalue weighted by Gasteiger charge is -2.09. The molecule has 3 atom stereocenters. The molecule has 2 unspecified atom stereocenters. The zero-order valence-electron chi connectivity index (χ0n) is 7.59. The van der Waals surface area contributed by atoms with Crippen LogP contribution < -0.4 is 0 Å². The van der Waals surface area contributed by atoms with Gasteiger partial charge in [-0.2, -0.15) is 5.26 Å². The van der Waals surface area contributed by atoms with Crippen molar-refractivity contribution in [2.45, 2.75) is 25.7 Å². The first-order chi connectivity index (χ1) is 6.16. The Bertz CT molecular complexity index is 350. The van der Waals surface area contributed by atoms with E-state index in [1.165, 1.54) is 7.11 Å². The molecule has 0 aliphatic heterocycles. The highest BCUT2D eigenvalue weighted by atomic mass is 16.5. The number of methoxy groups -OCH3 is 1. The summed E-state index contributed by atoms with van der Waals surface area (Å²) in [5.41, 5.74) is -0.319. The van der Waals surface area contributed by atoms with Gasteiger partial charge in [-0.1, -0.05) is 0 Å². The van der Waals surface area contributed by atoms with E-state index in [0.717, 1.165) is 25.7 Å². The second-order valence-corrected chi connectivity index (χ2v) is 4.70. The summed E-state index contributed by atoms with van der Waals surface area (Å²) >= 11 is 0. The summed E-state index contributed by atoms with van der Waals surface area (Å²) < 4.78 is 4.81. The number of ether oxygens (including phenoxy) is 1. The fraction of sp³-hybridized carbons (Fsp3) is 0.800. The largest absolute Gasteiger partial charge is 0.469 e. The summed E-state index contributed by atoms with van der Waals surface area (Å²) in [7, 11) is 1.44. The summed E-state index contributed by atoms with van der Waals surface area (Å²) in [6, 6.07) is 2.39. The van der Waals surface area contributed by atoms with Crippen molar-refractivity contribution in [3.8, 4) is 6.07 Å². The van der Waals surface area contributed by atoms with Crippen molar-refractivity contribution >= 4 is 5.97 Å². The van der Waals surface area contributed by atoms with Crippen LogP contribution in [-0.2, 0) is 9.53 Å². The van der Waals surface area contributed by atoms with E-state index in [1.54, 1.807) is 0 Å². The zero-order chi connectivity index (χ0) is 9.32. The van der Waals surface area contributed by atoms with E-state index in [2.05, 4.69) is 6.07 Å². The van der Waals surface area contributed by atoms with Gasteiger partial charge < -0.3 is 4.74 Å². The van der Waals surface area contributed by atoms with Crippen LogP contribution in [0.4, 0.5) is 0 Å². The summed E-state index contributed by atoms with van der Waals surface area (Å²) in [6.07, 6.45) is 3.61. The standard InChI is InChI=1S/C10H11NO2/c1-13-7(12)9-3-2-8(6-11)4-10(8,9)5-9/h2-5H2,1H3/t8?,9-,10?/m0/s1. The van der Waals surface area contributed by atoms with E-state index < -0.39 is 0 Å². The molecule has 3 aliphatic carbocycles. The quantitative estimate of drug-likeness (QED) is 0.566. The Kier molecular flexibility index (Phi) is 0.915. The molecule has 0 aromatic carbocycles. The van der Waals surface area contributed by atoms with E-state index in [9.17, 15) is 4.79 Å². The Labute approximate surface area is 76.7 Å². The Morgan fingerprint density at radius 3 is 2.62 bits per heavy atom. The molecule has 3 saturated carbocycles. The molecule has 3 heteroatoms. The third-order valence-electron chi connectivity index (χ3n) is 4.56. The van der Waals surface area contributed by atoms with Crippen molar-refractivity contribution in [1.82, 2.24) is 0 Å². The van der Waals surface area contributed by atoms with Crippen LogP contribution in [0.25, 0.3) is 0 Å². The number of esters is 1. The van der Waals surface area contributed by atoms with Crippen molar-refractivity contribution in [2.75, 3.05) is 7.11 Å². The molecular weight excluding hydrogens is 166 g/mol. The van der Waals surface area contributed by atoms with Gasteiger partial charge in [-0.15, -0.1) is 0 Å². The maximum Gasteiger partial charge on any atom is 0.312 e. The lowest BCUT2D eigenvalue weighted by atomic mass is 9.99. The molecule has 0 amide bonds. The van der Waals surface area contributed by atoms with E-state index in [0.29, 0.717) is 0 Å². The topological polar surface area (TPSA) is 50.1 Å². The molecule has 0 N–H and O–H groups in total. The number of hydrogen-bond acceptors (Lipinski definition) is 3. The molecule has 13 heavy (non-hydrogen) atoms. The number of nitrogens with zero attached hydrogens (tertiary/aromatic N) is 1. The third kappa shape index (κ3) is 0.477. The van der Waals surface area contributed by atoms with Crippen molar-refractivity contribution in [1.29, 1.82) is 5.26 Å². The fourth-order valence-electron chi connectivity index (χ4n) is 3.65. The number of hydrogen-bond donors (Lipinski definition) is 0. The van der Waals surface area contributed by atoms with Crippen LogP contribution in [0.3, 0.4) is 0 Å². The minimum atomic E-state index is -0.239. The van der Waals surface area contributed by atoms with Gasteiger partial charge >= 0.3 is 5.97 Å². The Balaban J connectivity index is 1.97. The molecule has 3 aliphatic rings. The highest BCUT2D eigenvalue weighted by molar-refractivity contribution is 5.85. The fourth-order valence-corrected chi connectivity index (χ4v) is 3.65. The highest BCUT2D eigenvalue weighted by Gasteiger charge is 2.94. The van der Waals surface area contributed by atoms with Crippen LogP contribution in [0.5, 0.6) is 0 Å². The first kappa shape index (κ1) is 7.37. The van der Waals surface area contributed by atoms with Crippen molar-refractivity contribution in [3.63, 3.8) is 0 Å². The van der Waals surface area contributed by atoms with Crippen LogP contribution >= 0.6 is 0 Å². The molecule has 0 aromatic heterocycles. The predicted octanol–water partition coefficient (Wildman–Crippen LogP) is 1.24. The van der Waals surface area contributed by atoms with Gasteiger partial charge in [0.25, 0.3) is 0 Å². The summed E-state index contributed by atoms with van der Waals surface area (Å²) in [5.74, 6) is -0.0814. The second kappa shape index (κ2) is 1.61. The molecule has 0 heterocycles. The smallest absolute Gasteiger partial charge is 0.312 e. The minimum Gasteiger partial charge on any atom is -0.469 e. The normalized spacial score (nSPS) is 54.5. The first-order valence-corrected chi connectivity index (χ1v) is 4.66. The molecular formula is C10H11NO2. The monoisotopic (exact) mass is 177 g/mol. The van der Waals surface area contributed by atoms with Gasteiger partial charge in [-0.3, -0.25) is 4.79 Å². The lowest BCUT2D eigenvalue weighted by molar-refractivity contribution is -0.147. The molecule has 1 spiro atoms.